The van der Waals surface area contributed by atoms with E-state index < -0.39 is 0 Å². The molecule has 0 aromatic heterocycles. The molecule has 0 aromatic rings. The molecular weight excluding hydrogens is 126 g/mol. The van der Waals surface area contributed by atoms with Crippen LogP contribution in [-0.4, -0.2) is 19.8 Å². The van der Waals surface area contributed by atoms with Crippen LogP contribution in [-0.2, 0) is 4.74 Å². The summed E-state index contributed by atoms with van der Waals surface area (Å²) in [6, 6.07) is 0. The smallest absolute Gasteiger partial charge is 0.0516 e. The molecule has 60 valence electrons. The number of rotatable bonds is 4. The Kier molecular flexibility index (Phi) is 3.16. The fourth-order valence-corrected chi connectivity index (χ4v) is 1.32. The van der Waals surface area contributed by atoms with E-state index in [2.05, 4.69) is 6.92 Å². The third-order valence-electron chi connectivity index (χ3n) is 2.28. The van der Waals surface area contributed by atoms with E-state index >= 15 is 0 Å². The van der Waals surface area contributed by atoms with Crippen molar-refractivity contribution in [3.8, 4) is 0 Å². The molecule has 2 heteroatoms. The van der Waals surface area contributed by atoms with Gasteiger partial charge in [-0.1, -0.05) is 13.3 Å². The highest BCUT2D eigenvalue weighted by molar-refractivity contribution is 4.70. The Hall–Kier alpha value is -0.0800. The van der Waals surface area contributed by atoms with Crippen LogP contribution in [0.5, 0.6) is 0 Å². The lowest BCUT2D eigenvalue weighted by Gasteiger charge is -2.28. The van der Waals surface area contributed by atoms with Gasteiger partial charge in [0.1, 0.15) is 0 Å². The molecule has 2 N–H and O–H groups in total. The van der Waals surface area contributed by atoms with Gasteiger partial charge in [-0.05, 0) is 18.9 Å². The van der Waals surface area contributed by atoms with Gasteiger partial charge in [-0.15, -0.1) is 0 Å². The van der Waals surface area contributed by atoms with Crippen molar-refractivity contribution in [2.75, 3.05) is 19.8 Å². The van der Waals surface area contributed by atoms with Crippen molar-refractivity contribution in [2.24, 2.45) is 17.6 Å². The molecule has 0 radical (unpaired) electrons. The third kappa shape index (κ3) is 1.96. The fraction of sp³-hybridized carbons (Fsp3) is 1.00. The number of hydrogen-bond acceptors (Lipinski definition) is 2. The van der Waals surface area contributed by atoms with E-state index in [4.69, 9.17) is 10.5 Å². The summed E-state index contributed by atoms with van der Waals surface area (Å²) < 4.78 is 5.08. The van der Waals surface area contributed by atoms with E-state index in [0.29, 0.717) is 0 Å². The fourth-order valence-electron chi connectivity index (χ4n) is 1.32. The Morgan fingerprint density at radius 3 is 2.60 bits per heavy atom. The van der Waals surface area contributed by atoms with E-state index in [1.807, 2.05) is 0 Å². The van der Waals surface area contributed by atoms with Crippen LogP contribution in [0.25, 0.3) is 0 Å². The molecular formula is C8H17NO. The van der Waals surface area contributed by atoms with Gasteiger partial charge in [0.05, 0.1) is 13.2 Å². The molecule has 10 heavy (non-hydrogen) atoms. The Labute approximate surface area is 62.7 Å². The Morgan fingerprint density at radius 2 is 2.30 bits per heavy atom. The molecule has 1 heterocycles. The maximum Gasteiger partial charge on any atom is 0.0516 e. The summed E-state index contributed by atoms with van der Waals surface area (Å²) >= 11 is 0. The standard InChI is InChI=1S/C8H17NO/c1-2-7(4-9)3-8-5-10-6-8/h7-8H,2-6,9H2,1H3. The highest BCUT2D eigenvalue weighted by atomic mass is 16.5. The Morgan fingerprint density at radius 1 is 1.60 bits per heavy atom. The number of nitrogens with two attached hydrogens (primary N) is 1. The van der Waals surface area contributed by atoms with Gasteiger partial charge in [-0.2, -0.15) is 0 Å². The zero-order valence-electron chi connectivity index (χ0n) is 6.68. The van der Waals surface area contributed by atoms with Crippen LogP contribution in [0.4, 0.5) is 0 Å². The first-order valence-corrected chi connectivity index (χ1v) is 4.14. The summed E-state index contributed by atoms with van der Waals surface area (Å²) in [5.41, 5.74) is 5.57. The summed E-state index contributed by atoms with van der Waals surface area (Å²) in [5, 5.41) is 0. The molecule has 1 fully saturated rings. The van der Waals surface area contributed by atoms with E-state index in [0.717, 1.165) is 31.6 Å². The van der Waals surface area contributed by atoms with Crippen molar-refractivity contribution in [1.29, 1.82) is 0 Å². The summed E-state index contributed by atoms with van der Waals surface area (Å²) in [6.07, 6.45) is 2.49. The zero-order chi connectivity index (χ0) is 7.40. The van der Waals surface area contributed by atoms with Crippen molar-refractivity contribution in [1.82, 2.24) is 0 Å². The minimum Gasteiger partial charge on any atom is -0.381 e. The molecule has 1 rings (SSSR count). The van der Waals surface area contributed by atoms with Gasteiger partial charge in [-0.25, -0.2) is 0 Å². The first kappa shape index (κ1) is 8.02. The van der Waals surface area contributed by atoms with Gasteiger partial charge in [0.15, 0.2) is 0 Å². The molecule has 0 bridgehead atoms. The predicted octanol–water partition coefficient (Wildman–Crippen LogP) is 1.01. The van der Waals surface area contributed by atoms with Crippen molar-refractivity contribution in [3.05, 3.63) is 0 Å². The monoisotopic (exact) mass is 143 g/mol. The van der Waals surface area contributed by atoms with Gasteiger partial charge in [0, 0.05) is 5.92 Å². The minimum atomic E-state index is 0.730. The minimum absolute atomic E-state index is 0.730. The van der Waals surface area contributed by atoms with Crippen LogP contribution in [0, 0.1) is 11.8 Å². The average molecular weight is 143 g/mol. The molecule has 1 unspecified atom stereocenters. The topological polar surface area (TPSA) is 35.2 Å². The molecule has 1 aliphatic heterocycles. The van der Waals surface area contributed by atoms with Crippen molar-refractivity contribution in [3.63, 3.8) is 0 Å². The molecule has 1 saturated heterocycles. The van der Waals surface area contributed by atoms with Gasteiger partial charge < -0.3 is 10.5 Å². The molecule has 2 nitrogen and oxygen atoms in total. The molecule has 0 amide bonds. The second-order valence-corrected chi connectivity index (χ2v) is 3.15. The van der Waals surface area contributed by atoms with Crippen LogP contribution in [0.3, 0.4) is 0 Å². The van der Waals surface area contributed by atoms with Crippen LogP contribution in [0.15, 0.2) is 0 Å². The maximum absolute atomic E-state index is 5.57. The Bertz CT molecular complexity index is 87.3. The van der Waals surface area contributed by atoms with E-state index in [9.17, 15) is 0 Å². The van der Waals surface area contributed by atoms with Crippen LogP contribution < -0.4 is 5.73 Å². The highest BCUT2D eigenvalue weighted by Crippen LogP contribution is 2.20. The first-order chi connectivity index (χ1) is 4.86. The summed E-state index contributed by atoms with van der Waals surface area (Å²) in [7, 11) is 0. The molecule has 0 aromatic carbocycles. The van der Waals surface area contributed by atoms with Crippen molar-refractivity contribution in [2.45, 2.75) is 19.8 Å². The SMILES string of the molecule is CCC(CN)CC1COC1. The average Bonchev–Trinajstić information content (AvgIpc) is 1.87. The van der Waals surface area contributed by atoms with Gasteiger partial charge >= 0.3 is 0 Å². The highest BCUT2D eigenvalue weighted by Gasteiger charge is 2.21. The number of ether oxygens (including phenoxy) is 1. The maximum atomic E-state index is 5.57. The van der Waals surface area contributed by atoms with Crippen molar-refractivity contribution >= 4 is 0 Å². The molecule has 0 aliphatic carbocycles. The summed E-state index contributed by atoms with van der Waals surface area (Å²) in [6.45, 7) is 4.98. The molecule has 0 saturated carbocycles. The molecule has 1 aliphatic rings. The van der Waals surface area contributed by atoms with E-state index in [-0.39, 0.29) is 0 Å². The van der Waals surface area contributed by atoms with Gasteiger partial charge in [0.25, 0.3) is 0 Å². The largest absolute Gasteiger partial charge is 0.381 e. The van der Waals surface area contributed by atoms with Crippen LogP contribution in [0.2, 0.25) is 0 Å². The lowest BCUT2D eigenvalue weighted by molar-refractivity contribution is -0.0422. The second kappa shape index (κ2) is 3.94. The third-order valence-corrected chi connectivity index (χ3v) is 2.28. The van der Waals surface area contributed by atoms with Crippen LogP contribution >= 0.6 is 0 Å². The lowest BCUT2D eigenvalue weighted by Crippen LogP contribution is -2.31. The van der Waals surface area contributed by atoms with Gasteiger partial charge in [-0.3, -0.25) is 0 Å². The zero-order valence-corrected chi connectivity index (χ0v) is 6.68. The number of hydrogen-bond donors (Lipinski definition) is 1. The lowest BCUT2D eigenvalue weighted by atomic mass is 9.91. The molecule has 0 spiro atoms. The summed E-state index contributed by atoms with van der Waals surface area (Å²) in [5.74, 6) is 1.54. The molecule has 1 atom stereocenters. The van der Waals surface area contributed by atoms with E-state index in [1.165, 1.54) is 12.8 Å². The van der Waals surface area contributed by atoms with Crippen molar-refractivity contribution < 1.29 is 4.74 Å². The quantitative estimate of drug-likeness (QED) is 0.637. The van der Waals surface area contributed by atoms with Crippen LogP contribution in [0.1, 0.15) is 19.8 Å². The normalized spacial score (nSPS) is 22.2. The summed E-state index contributed by atoms with van der Waals surface area (Å²) in [4.78, 5) is 0. The second-order valence-electron chi connectivity index (χ2n) is 3.15. The Balaban J connectivity index is 2.08. The van der Waals surface area contributed by atoms with Gasteiger partial charge in [0.2, 0.25) is 0 Å². The first-order valence-electron chi connectivity index (χ1n) is 4.14. The predicted molar refractivity (Wildman–Crippen MR) is 41.8 cm³/mol. The van der Waals surface area contributed by atoms with E-state index in [1.54, 1.807) is 0 Å².